The zero-order chi connectivity index (χ0) is 18.4. The molecule has 2 aromatic rings. The van der Waals surface area contributed by atoms with E-state index in [1.165, 1.54) is 18.4 Å². The van der Waals surface area contributed by atoms with Crippen LogP contribution in [0.15, 0.2) is 24.3 Å². The summed E-state index contributed by atoms with van der Waals surface area (Å²) in [6.45, 7) is 11.1. The van der Waals surface area contributed by atoms with Crippen molar-refractivity contribution in [1.29, 1.82) is 0 Å². The summed E-state index contributed by atoms with van der Waals surface area (Å²) < 4.78 is 7.22. The van der Waals surface area contributed by atoms with Crippen LogP contribution in [0.2, 0.25) is 0 Å². The molecular weight excluding hydrogens is 312 g/mol. The van der Waals surface area contributed by atoms with Crippen LogP contribution in [0.25, 0.3) is 0 Å². The number of benzene rings is 1. The number of rotatable bonds is 8. The first-order chi connectivity index (χ1) is 11.9. The Morgan fingerprint density at radius 2 is 1.84 bits per heavy atom. The third kappa shape index (κ3) is 4.94. The number of unbranched alkanes of at least 4 members (excludes halogenated alkanes) is 2. The second-order valence-corrected chi connectivity index (χ2v) is 7.05. The molecule has 136 valence electrons. The van der Waals surface area contributed by atoms with E-state index >= 15 is 0 Å². The maximum Gasteiger partial charge on any atom is 0.278 e. The number of aryl methyl sites for hydroxylation is 1. The van der Waals surface area contributed by atoms with E-state index in [0.717, 1.165) is 30.0 Å². The van der Waals surface area contributed by atoms with Crippen LogP contribution in [0.5, 0.6) is 5.75 Å². The first kappa shape index (κ1) is 19.2. The number of aromatic nitrogens is 2. The van der Waals surface area contributed by atoms with Crippen LogP contribution in [0.4, 0.5) is 0 Å². The first-order valence-electron chi connectivity index (χ1n) is 9.26. The van der Waals surface area contributed by atoms with Gasteiger partial charge in [-0.15, -0.1) is 0 Å². The largest absolute Gasteiger partial charge is 0.493 e. The normalized spacial score (nSPS) is 11.1. The third-order valence-corrected chi connectivity index (χ3v) is 4.35. The van der Waals surface area contributed by atoms with Gasteiger partial charge in [0.1, 0.15) is 5.75 Å². The van der Waals surface area contributed by atoms with Crippen molar-refractivity contribution >= 4 is 5.91 Å². The monoisotopic (exact) mass is 342 g/mol. The van der Waals surface area contributed by atoms with E-state index in [1.54, 1.807) is 4.68 Å². The summed E-state index contributed by atoms with van der Waals surface area (Å²) >= 11 is 0. The van der Waals surface area contributed by atoms with Crippen molar-refractivity contribution in [2.45, 2.75) is 60.3 Å². The molecule has 2 rings (SSSR count). The lowest BCUT2D eigenvalue weighted by Gasteiger charge is -2.09. The predicted octanol–water partition coefficient (Wildman–Crippen LogP) is 4.96. The summed E-state index contributed by atoms with van der Waals surface area (Å²) in [6.07, 6.45) is 4.52. The molecule has 0 saturated carbocycles. The first-order valence-corrected chi connectivity index (χ1v) is 9.26. The Balaban J connectivity index is 2.13. The predicted molar refractivity (Wildman–Crippen MR) is 101 cm³/mol. The molecule has 4 nitrogen and oxygen atoms in total. The number of carbonyl (C=O) groups is 1. The van der Waals surface area contributed by atoms with E-state index in [9.17, 15) is 4.79 Å². The third-order valence-electron chi connectivity index (χ3n) is 4.35. The molecule has 0 aliphatic carbocycles. The topological polar surface area (TPSA) is 44.1 Å². The van der Waals surface area contributed by atoms with Gasteiger partial charge in [-0.1, -0.05) is 33.6 Å². The average molecular weight is 342 g/mol. The molecule has 0 unspecified atom stereocenters. The number of hydrogen-bond acceptors (Lipinski definition) is 3. The number of hydrogen-bond donors (Lipinski definition) is 0. The highest BCUT2D eigenvalue weighted by Crippen LogP contribution is 2.19. The van der Waals surface area contributed by atoms with Gasteiger partial charge in [-0.3, -0.25) is 4.79 Å². The van der Waals surface area contributed by atoms with Crippen LogP contribution in [0.1, 0.15) is 67.3 Å². The molecule has 25 heavy (non-hydrogen) atoms. The fraction of sp³-hybridized carbons (Fsp3) is 0.524. The van der Waals surface area contributed by atoms with Crippen LogP contribution in [0.3, 0.4) is 0 Å². The Kier molecular flexibility index (Phi) is 6.80. The van der Waals surface area contributed by atoms with Crippen molar-refractivity contribution < 1.29 is 9.53 Å². The lowest BCUT2D eigenvalue weighted by atomic mass is 10.1. The Morgan fingerprint density at radius 1 is 1.16 bits per heavy atom. The van der Waals surface area contributed by atoms with Gasteiger partial charge in [-0.25, -0.2) is 4.68 Å². The molecule has 0 radical (unpaired) electrons. The molecule has 0 saturated heterocycles. The smallest absolute Gasteiger partial charge is 0.278 e. The molecule has 0 spiro atoms. The second-order valence-electron chi connectivity index (χ2n) is 7.05. The summed E-state index contributed by atoms with van der Waals surface area (Å²) in [6, 6.07) is 7.32. The number of nitrogens with zero attached hydrogens (tertiary/aromatic N) is 2. The van der Waals surface area contributed by atoms with Gasteiger partial charge in [0.25, 0.3) is 5.91 Å². The number of ether oxygens (including phenoxy) is 1. The van der Waals surface area contributed by atoms with Crippen molar-refractivity contribution in [3.63, 3.8) is 0 Å². The van der Waals surface area contributed by atoms with E-state index < -0.39 is 0 Å². The minimum absolute atomic E-state index is 0.0854. The molecule has 1 heterocycles. The van der Waals surface area contributed by atoms with Crippen molar-refractivity contribution in [3.8, 4) is 5.75 Å². The fourth-order valence-electron chi connectivity index (χ4n) is 2.87. The molecule has 0 aliphatic rings. The summed E-state index contributed by atoms with van der Waals surface area (Å²) in [5.41, 5.74) is 3.75. The van der Waals surface area contributed by atoms with Gasteiger partial charge in [-0.2, -0.15) is 5.10 Å². The SMILES string of the molecule is CCCCCc1c(C)nn(C(=O)c2ccc(OCC(C)C)cc2)c1C. The average Bonchev–Trinajstić information content (AvgIpc) is 2.88. The maximum absolute atomic E-state index is 12.8. The van der Waals surface area contributed by atoms with E-state index in [4.69, 9.17) is 4.74 Å². The van der Waals surface area contributed by atoms with Crippen molar-refractivity contribution in [2.24, 2.45) is 5.92 Å². The summed E-state index contributed by atoms with van der Waals surface area (Å²) in [4.78, 5) is 12.8. The van der Waals surface area contributed by atoms with Gasteiger partial charge in [-0.05, 0) is 62.4 Å². The van der Waals surface area contributed by atoms with Crippen LogP contribution >= 0.6 is 0 Å². The van der Waals surface area contributed by atoms with Crippen LogP contribution < -0.4 is 4.74 Å². The summed E-state index contributed by atoms with van der Waals surface area (Å²) in [5, 5.41) is 4.48. The highest BCUT2D eigenvalue weighted by Gasteiger charge is 2.17. The van der Waals surface area contributed by atoms with Gasteiger partial charge in [0.15, 0.2) is 0 Å². The van der Waals surface area contributed by atoms with Gasteiger partial charge >= 0.3 is 0 Å². The Labute approximate surface area is 151 Å². The highest BCUT2D eigenvalue weighted by molar-refractivity contribution is 5.96. The zero-order valence-corrected chi connectivity index (χ0v) is 16.1. The Morgan fingerprint density at radius 3 is 2.44 bits per heavy atom. The minimum atomic E-state index is -0.0854. The van der Waals surface area contributed by atoms with E-state index in [2.05, 4.69) is 25.9 Å². The lowest BCUT2D eigenvalue weighted by molar-refractivity contribution is 0.0942. The highest BCUT2D eigenvalue weighted by atomic mass is 16.5. The molecular formula is C21H30N2O2. The molecule has 0 N–H and O–H groups in total. The lowest BCUT2D eigenvalue weighted by Crippen LogP contribution is -2.15. The molecule has 0 bridgehead atoms. The molecule has 0 fully saturated rings. The summed E-state index contributed by atoms with van der Waals surface area (Å²) in [5.74, 6) is 1.18. The van der Waals surface area contributed by atoms with E-state index in [1.807, 2.05) is 38.1 Å². The Hall–Kier alpha value is -2.10. The molecule has 0 amide bonds. The standard InChI is InChI=1S/C21H30N2O2/c1-6-7-8-9-20-16(4)22-23(17(20)5)21(24)18-10-12-19(13-11-18)25-14-15(2)3/h10-13,15H,6-9,14H2,1-5H3. The number of carbonyl (C=O) groups excluding carboxylic acids is 1. The molecule has 0 aliphatic heterocycles. The van der Waals surface area contributed by atoms with Gasteiger partial charge in [0, 0.05) is 11.3 Å². The van der Waals surface area contributed by atoms with Gasteiger partial charge in [0.2, 0.25) is 0 Å². The quantitative estimate of drug-likeness (QED) is 0.637. The summed E-state index contributed by atoms with van der Waals surface area (Å²) in [7, 11) is 0. The van der Waals surface area contributed by atoms with Crippen molar-refractivity contribution in [3.05, 3.63) is 46.8 Å². The fourth-order valence-corrected chi connectivity index (χ4v) is 2.87. The van der Waals surface area contributed by atoms with Crippen LogP contribution in [-0.2, 0) is 6.42 Å². The van der Waals surface area contributed by atoms with Crippen molar-refractivity contribution in [2.75, 3.05) is 6.61 Å². The maximum atomic E-state index is 12.8. The zero-order valence-electron chi connectivity index (χ0n) is 16.1. The van der Waals surface area contributed by atoms with Gasteiger partial charge in [0.05, 0.1) is 12.3 Å². The Bertz CT molecular complexity index is 699. The van der Waals surface area contributed by atoms with Crippen LogP contribution in [-0.4, -0.2) is 22.3 Å². The van der Waals surface area contributed by atoms with Crippen molar-refractivity contribution in [1.82, 2.24) is 9.78 Å². The van der Waals surface area contributed by atoms with Gasteiger partial charge < -0.3 is 4.74 Å². The van der Waals surface area contributed by atoms with E-state index in [0.29, 0.717) is 18.1 Å². The molecule has 1 aromatic heterocycles. The minimum Gasteiger partial charge on any atom is -0.493 e. The van der Waals surface area contributed by atoms with Crippen LogP contribution in [0, 0.1) is 19.8 Å². The second kappa shape index (κ2) is 8.84. The molecule has 1 aromatic carbocycles. The van der Waals surface area contributed by atoms with E-state index in [-0.39, 0.29) is 5.91 Å². The molecule has 4 heteroatoms. The molecule has 0 atom stereocenters.